The number of aliphatic hydroxyl groups excluding tert-OH is 1. The summed E-state index contributed by atoms with van der Waals surface area (Å²) in [6.07, 6.45) is 1.94. The third-order valence-electron chi connectivity index (χ3n) is 2.98. The molecule has 1 N–H and O–H groups in total. The zero-order chi connectivity index (χ0) is 15.0. The molecule has 1 aromatic carbocycles. The first-order chi connectivity index (χ1) is 9.58. The smallest absolute Gasteiger partial charge is 0.226 e. The molecule has 0 aliphatic heterocycles. The summed E-state index contributed by atoms with van der Waals surface area (Å²) in [4.78, 5) is 13.5. The Morgan fingerprint density at radius 2 is 2.20 bits per heavy atom. The van der Waals surface area contributed by atoms with Crippen LogP contribution in [0.3, 0.4) is 0 Å². The highest BCUT2D eigenvalue weighted by atomic mass is 16.5. The molecule has 0 aliphatic carbocycles. The Balaban J connectivity index is 2.46. The third kappa shape index (κ3) is 5.05. The molecule has 1 aromatic rings. The van der Waals surface area contributed by atoms with Crippen LogP contribution in [0.1, 0.15) is 17.5 Å². The van der Waals surface area contributed by atoms with E-state index < -0.39 is 0 Å². The Bertz CT molecular complexity index is 457. The van der Waals surface area contributed by atoms with Crippen LogP contribution in [0.5, 0.6) is 5.75 Å². The van der Waals surface area contributed by atoms with E-state index in [2.05, 4.69) is 6.58 Å². The van der Waals surface area contributed by atoms with Gasteiger partial charge >= 0.3 is 0 Å². The van der Waals surface area contributed by atoms with E-state index in [1.54, 1.807) is 11.0 Å². The average Bonchev–Trinajstić information content (AvgIpc) is 2.41. The molecule has 4 nitrogen and oxygen atoms in total. The molecule has 1 rings (SSSR count). The van der Waals surface area contributed by atoms with E-state index >= 15 is 0 Å². The molecule has 0 saturated heterocycles. The van der Waals surface area contributed by atoms with Crippen molar-refractivity contribution in [3.8, 4) is 5.75 Å². The molecule has 0 fully saturated rings. The fourth-order valence-electron chi connectivity index (χ4n) is 1.96. The van der Waals surface area contributed by atoms with E-state index in [1.807, 2.05) is 32.0 Å². The molecule has 0 spiro atoms. The first kappa shape index (κ1) is 16.2. The number of carbonyl (C=O) groups is 1. The Hall–Kier alpha value is -1.81. The maximum atomic E-state index is 11.9. The van der Waals surface area contributed by atoms with Gasteiger partial charge < -0.3 is 14.7 Å². The Morgan fingerprint density at radius 1 is 1.45 bits per heavy atom. The molecule has 1 amide bonds. The predicted molar refractivity (Wildman–Crippen MR) is 79.9 cm³/mol. The lowest BCUT2D eigenvalue weighted by molar-refractivity contribution is -0.131. The van der Waals surface area contributed by atoms with Gasteiger partial charge in [0.25, 0.3) is 0 Å². The van der Waals surface area contributed by atoms with Crippen molar-refractivity contribution in [3.63, 3.8) is 0 Å². The topological polar surface area (TPSA) is 49.8 Å². The van der Waals surface area contributed by atoms with Crippen LogP contribution < -0.4 is 4.74 Å². The molecule has 0 heterocycles. The summed E-state index contributed by atoms with van der Waals surface area (Å²) in [5.41, 5.74) is 2.25. The van der Waals surface area contributed by atoms with Gasteiger partial charge in [-0.15, -0.1) is 6.58 Å². The minimum atomic E-state index is -0.0441. The normalized spacial score (nSPS) is 10.2. The SMILES string of the molecule is C=CCN(CCO)C(=O)CCOc1ccc(C)cc1C. The van der Waals surface area contributed by atoms with Crippen molar-refractivity contribution >= 4 is 5.91 Å². The van der Waals surface area contributed by atoms with E-state index in [0.717, 1.165) is 11.3 Å². The second kappa shape index (κ2) is 8.38. The molecule has 110 valence electrons. The zero-order valence-electron chi connectivity index (χ0n) is 12.3. The molecule has 0 atom stereocenters. The zero-order valence-corrected chi connectivity index (χ0v) is 12.3. The van der Waals surface area contributed by atoms with Crippen molar-refractivity contribution in [2.75, 3.05) is 26.3 Å². The molecular formula is C16H23NO3. The van der Waals surface area contributed by atoms with Crippen LogP contribution in [0.25, 0.3) is 0 Å². The van der Waals surface area contributed by atoms with E-state index in [9.17, 15) is 4.79 Å². The van der Waals surface area contributed by atoms with Gasteiger partial charge in [0.15, 0.2) is 0 Å². The van der Waals surface area contributed by atoms with Crippen molar-refractivity contribution in [1.29, 1.82) is 0 Å². The molecule has 0 unspecified atom stereocenters. The standard InChI is InChI=1S/C16H23NO3/c1-4-8-17(9-10-18)16(19)7-11-20-15-6-5-13(2)12-14(15)3/h4-6,12,18H,1,7-11H2,2-3H3. The number of hydrogen-bond acceptors (Lipinski definition) is 3. The van der Waals surface area contributed by atoms with Crippen molar-refractivity contribution < 1.29 is 14.6 Å². The second-order valence-electron chi connectivity index (χ2n) is 4.72. The quantitative estimate of drug-likeness (QED) is 0.740. The van der Waals surface area contributed by atoms with Crippen LogP contribution in [0, 0.1) is 13.8 Å². The number of benzene rings is 1. The molecule has 0 saturated carbocycles. The maximum Gasteiger partial charge on any atom is 0.226 e. The van der Waals surface area contributed by atoms with Gasteiger partial charge in [0.05, 0.1) is 19.6 Å². The second-order valence-corrected chi connectivity index (χ2v) is 4.72. The molecule has 0 aromatic heterocycles. The van der Waals surface area contributed by atoms with Gasteiger partial charge in [-0.05, 0) is 25.5 Å². The number of aliphatic hydroxyl groups is 1. The highest BCUT2D eigenvalue weighted by Gasteiger charge is 2.11. The highest BCUT2D eigenvalue weighted by molar-refractivity contribution is 5.76. The monoisotopic (exact) mass is 277 g/mol. The van der Waals surface area contributed by atoms with Gasteiger partial charge in [0, 0.05) is 13.1 Å². The summed E-state index contributed by atoms with van der Waals surface area (Å²) < 4.78 is 5.63. The Kier molecular flexibility index (Phi) is 6.81. The Labute approximate surface area is 120 Å². The van der Waals surface area contributed by atoms with Gasteiger partial charge in [-0.3, -0.25) is 4.79 Å². The van der Waals surface area contributed by atoms with Crippen LogP contribution in [0.15, 0.2) is 30.9 Å². The molecule has 0 radical (unpaired) electrons. The molecule has 0 bridgehead atoms. The summed E-state index contributed by atoms with van der Waals surface area (Å²) in [6.45, 7) is 8.69. The van der Waals surface area contributed by atoms with E-state index in [-0.39, 0.29) is 12.5 Å². The predicted octanol–water partition coefficient (Wildman–Crippen LogP) is 2.08. The van der Waals surface area contributed by atoms with Crippen molar-refractivity contribution in [1.82, 2.24) is 4.90 Å². The van der Waals surface area contributed by atoms with Crippen molar-refractivity contribution in [2.45, 2.75) is 20.3 Å². The van der Waals surface area contributed by atoms with Crippen LogP contribution in [0.4, 0.5) is 0 Å². The molecule has 4 heteroatoms. The number of amides is 1. The van der Waals surface area contributed by atoms with Gasteiger partial charge in [0.2, 0.25) is 5.91 Å². The summed E-state index contributed by atoms with van der Waals surface area (Å²) >= 11 is 0. The number of hydrogen-bond donors (Lipinski definition) is 1. The maximum absolute atomic E-state index is 11.9. The summed E-state index contributed by atoms with van der Waals surface area (Å²) in [7, 11) is 0. The van der Waals surface area contributed by atoms with Crippen LogP contribution in [-0.4, -0.2) is 42.2 Å². The van der Waals surface area contributed by atoms with Crippen LogP contribution in [0.2, 0.25) is 0 Å². The first-order valence-electron chi connectivity index (χ1n) is 6.78. The fourth-order valence-corrected chi connectivity index (χ4v) is 1.96. The van der Waals surface area contributed by atoms with Crippen LogP contribution >= 0.6 is 0 Å². The minimum Gasteiger partial charge on any atom is -0.493 e. The summed E-state index contributed by atoms with van der Waals surface area (Å²) in [5.74, 6) is 0.768. The average molecular weight is 277 g/mol. The van der Waals surface area contributed by atoms with Gasteiger partial charge in [-0.2, -0.15) is 0 Å². The molecular weight excluding hydrogens is 254 g/mol. The van der Waals surface area contributed by atoms with Crippen molar-refractivity contribution in [2.24, 2.45) is 0 Å². The molecule has 0 aliphatic rings. The lowest BCUT2D eigenvalue weighted by atomic mass is 10.1. The minimum absolute atomic E-state index is 0.0382. The number of aryl methyl sites for hydroxylation is 2. The summed E-state index contributed by atoms with van der Waals surface area (Å²) in [6, 6.07) is 5.96. The number of rotatable bonds is 8. The lowest BCUT2D eigenvalue weighted by Crippen LogP contribution is -2.34. The highest BCUT2D eigenvalue weighted by Crippen LogP contribution is 2.18. The van der Waals surface area contributed by atoms with Gasteiger partial charge in [-0.25, -0.2) is 0 Å². The number of nitrogens with zero attached hydrogens (tertiary/aromatic N) is 1. The van der Waals surface area contributed by atoms with Gasteiger partial charge in [-0.1, -0.05) is 23.8 Å². The largest absolute Gasteiger partial charge is 0.493 e. The first-order valence-corrected chi connectivity index (χ1v) is 6.78. The van der Waals surface area contributed by atoms with E-state index in [1.165, 1.54) is 5.56 Å². The fraction of sp³-hybridized carbons (Fsp3) is 0.438. The third-order valence-corrected chi connectivity index (χ3v) is 2.98. The lowest BCUT2D eigenvalue weighted by Gasteiger charge is -2.20. The Morgan fingerprint density at radius 3 is 2.80 bits per heavy atom. The van der Waals surface area contributed by atoms with Gasteiger partial charge in [0.1, 0.15) is 5.75 Å². The number of ether oxygens (including phenoxy) is 1. The number of carbonyl (C=O) groups excluding carboxylic acids is 1. The van der Waals surface area contributed by atoms with Crippen molar-refractivity contribution in [3.05, 3.63) is 42.0 Å². The molecule has 20 heavy (non-hydrogen) atoms. The van der Waals surface area contributed by atoms with Crippen LogP contribution in [-0.2, 0) is 4.79 Å². The van der Waals surface area contributed by atoms with E-state index in [4.69, 9.17) is 9.84 Å². The summed E-state index contributed by atoms with van der Waals surface area (Å²) in [5, 5.41) is 8.92. The van der Waals surface area contributed by atoms with E-state index in [0.29, 0.717) is 26.1 Å².